The predicted molar refractivity (Wildman–Crippen MR) is 70.6 cm³/mol. The number of hydrogen-bond acceptors (Lipinski definition) is 4. The minimum absolute atomic E-state index is 0.268. The average molecular weight is 256 g/mol. The highest BCUT2D eigenvalue weighted by Crippen LogP contribution is 2.16. The summed E-state index contributed by atoms with van der Waals surface area (Å²) in [5, 5.41) is 2.71. The lowest BCUT2D eigenvalue weighted by Crippen LogP contribution is -2.13. The van der Waals surface area contributed by atoms with Gasteiger partial charge in [-0.1, -0.05) is 0 Å². The Morgan fingerprint density at radius 1 is 1.26 bits per heavy atom. The fourth-order valence-electron chi connectivity index (χ4n) is 1.57. The van der Waals surface area contributed by atoms with E-state index in [4.69, 9.17) is 4.74 Å². The van der Waals surface area contributed by atoms with E-state index in [1.165, 1.54) is 7.11 Å². The van der Waals surface area contributed by atoms with Crippen molar-refractivity contribution in [2.45, 2.75) is 0 Å². The Balaban J connectivity index is 2.18. The molecule has 1 aromatic heterocycles. The van der Waals surface area contributed by atoms with E-state index in [1.807, 2.05) is 0 Å². The van der Waals surface area contributed by atoms with Crippen LogP contribution in [0.15, 0.2) is 42.6 Å². The third kappa shape index (κ3) is 2.95. The second-order valence-corrected chi connectivity index (χ2v) is 3.75. The molecule has 19 heavy (non-hydrogen) atoms. The molecule has 0 unspecified atom stereocenters. The van der Waals surface area contributed by atoms with E-state index in [0.717, 1.165) is 6.29 Å². The Kier molecular flexibility index (Phi) is 3.87. The molecular weight excluding hydrogens is 244 g/mol. The molecule has 1 heterocycles. The summed E-state index contributed by atoms with van der Waals surface area (Å²) in [6.45, 7) is 0. The Labute approximate surface area is 110 Å². The van der Waals surface area contributed by atoms with Gasteiger partial charge in [-0.05, 0) is 36.4 Å². The third-order valence-corrected chi connectivity index (χ3v) is 2.51. The van der Waals surface area contributed by atoms with Crippen molar-refractivity contribution in [1.29, 1.82) is 0 Å². The lowest BCUT2D eigenvalue weighted by Gasteiger charge is -2.08. The zero-order chi connectivity index (χ0) is 13.7. The number of nitrogens with zero attached hydrogens (tertiary/aromatic N) is 1. The number of carbonyl (C=O) groups is 2. The number of anilines is 1. The lowest BCUT2D eigenvalue weighted by atomic mass is 10.2. The molecule has 2 rings (SSSR count). The highest BCUT2D eigenvalue weighted by Gasteiger charge is 2.12. The number of amides is 1. The van der Waals surface area contributed by atoms with E-state index < -0.39 is 0 Å². The highest BCUT2D eigenvalue weighted by molar-refractivity contribution is 6.05. The number of nitrogens with one attached hydrogen (secondary N) is 1. The van der Waals surface area contributed by atoms with E-state index in [0.29, 0.717) is 16.8 Å². The number of benzene rings is 1. The number of carbonyl (C=O) groups excluding carboxylic acids is 2. The molecule has 0 aliphatic carbocycles. The van der Waals surface area contributed by atoms with Gasteiger partial charge in [0.05, 0.1) is 7.11 Å². The summed E-state index contributed by atoms with van der Waals surface area (Å²) in [5.74, 6) is -0.0479. The Morgan fingerprint density at radius 3 is 2.63 bits per heavy atom. The molecule has 0 saturated heterocycles. The molecule has 2 aromatic rings. The summed E-state index contributed by atoms with van der Waals surface area (Å²) in [6.07, 6.45) is 2.30. The smallest absolute Gasteiger partial charge is 0.261 e. The van der Waals surface area contributed by atoms with E-state index in [2.05, 4.69) is 10.3 Å². The fraction of sp³-hybridized carbons (Fsp3) is 0.0714. The third-order valence-electron chi connectivity index (χ3n) is 2.51. The van der Waals surface area contributed by atoms with E-state index >= 15 is 0 Å². The van der Waals surface area contributed by atoms with Gasteiger partial charge >= 0.3 is 0 Å². The van der Waals surface area contributed by atoms with Crippen molar-refractivity contribution in [3.8, 4) is 5.88 Å². The van der Waals surface area contributed by atoms with Gasteiger partial charge in [-0.25, -0.2) is 4.98 Å². The molecular formula is C14H12N2O3. The minimum Gasteiger partial charge on any atom is -0.480 e. The van der Waals surface area contributed by atoms with Crippen molar-refractivity contribution in [3.63, 3.8) is 0 Å². The van der Waals surface area contributed by atoms with Crippen LogP contribution in [0.5, 0.6) is 5.88 Å². The van der Waals surface area contributed by atoms with Gasteiger partial charge in [0.25, 0.3) is 5.91 Å². The first-order chi connectivity index (χ1) is 9.24. The topological polar surface area (TPSA) is 68.3 Å². The molecule has 0 fully saturated rings. The molecule has 5 heteroatoms. The van der Waals surface area contributed by atoms with Crippen LogP contribution in [-0.2, 0) is 0 Å². The zero-order valence-electron chi connectivity index (χ0n) is 10.3. The number of ether oxygens (including phenoxy) is 1. The normalized spacial score (nSPS) is 9.74. The Bertz CT molecular complexity index is 594. The van der Waals surface area contributed by atoms with Crippen molar-refractivity contribution in [3.05, 3.63) is 53.7 Å². The van der Waals surface area contributed by atoms with E-state index in [-0.39, 0.29) is 11.8 Å². The van der Waals surface area contributed by atoms with Gasteiger partial charge in [0.1, 0.15) is 11.8 Å². The quantitative estimate of drug-likeness (QED) is 0.851. The van der Waals surface area contributed by atoms with Crippen LogP contribution in [-0.4, -0.2) is 24.3 Å². The van der Waals surface area contributed by atoms with Gasteiger partial charge in [0, 0.05) is 17.4 Å². The molecule has 1 aromatic carbocycles. The monoisotopic (exact) mass is 256 g/mol. The molecule has 96 valence electrons. The molecule has 0 radical (unpaired) electrons. The lowest BCUT2D eigenvalue weighted by molar-refractivity contribution is 0.102. The van der Waals surface area contributed by atoms with Gasteiger partial charge < -0.3 is 10.1 Å². The van der Waals surface area contributed by atoms with Crippen LogP contribution in [0.1, 0.15) is 20.7 Å². The standard InChI is InChI=1S/C14H12N2O3/c1-19-14-12(3-2-8-15-14)13(18)16-11-6-4-10(9-17)5-7-11/h2-9H,1H3,(H,16,18). The highest BCUT2D eigenvalue weighted by atomic mass is 16.5. The van der Waals surface area contributed by atoms with Gasteiger partial charge in [-0.3, -0.25) is 9.59 Å². The van der Waals surface area contributed by atoms with Crippen LogP contribution in [0.2, 0.25) is 0 Å². The summed E-state index contributed by atoms with van der Waals surface area (Å²) < 4.78 is 5.02. The van der Waals surface area contributed by atoms with Crippen LogP contribution in [0.25, 0.3) is 0 Å². The van der Waals surface area contributed by atoms with Crippen LogP contribution < -0.4 is 10.1 Å². The molecule has 0 atom stereocenters. The molecule has 1 amide bonds. The Morgan fingerprint density at radius 2 is 2.00 bits per heavy atom. The molecule has 0 spiro atoms. The van der Waals surface area contributed by atoms with Gasteiger partial charge in [0.15, 0.2) is 0 Å². The number of methoxy groups -OCH3 is 1. The van der Waals surface area contributed by atoms with Crippen molar-refractivity contribution in [2.24, 2.45) is 0 Å². The number of pyridine rings is 1. The van der Waals surface area contributed by atoms with E-state index in [9.17, 15) is 9.59 Å². The summed E-state index contributed by atoms with van der Waals surface area (Å²) in [5.41, 5.74) is 1.50. The maximum absolute atomic E-state index is 12.0. The molecule has 5 nitrogen and oxygen atoms in total. The van der Waals surface area contributed by atoms with Gasteiger partial charge in [-0.15, -0.1) is 0 Å². The van der Waals surface area contributed by atoms with Crippen molar-refractivity contribution >= 4 is 17.9 Å². The van der Waals surface area contributed by atoms with Crippen LogP contribution in [0, 0.1) is 0 Å². The van der Waals surface area contributed by atoms with E-state index in [1.54, 1.807) is 42.6 Å². The number of hydrogen-bond donors (Lipinski definition) is 1. The second kappa shape index (κ2) is 5.77. The fourth-order valence-corrected chi connectivity index (χ4v) is 1.57. The van der Waals surface area contributed by atoms with Crippen LogP contribution in [0.4, 0.5) is 5.69 Å². The van der Waals surface area contributed by atoms with Crippen molar-refractivity contribution in [1.82, 2.24) is 4.98 Å². The maximum atomic E-state index is 12.0. The minimum atomic E-state index is -0.316. The van der Waals surface area contributed by atoms with Crippen LogP contribution in [0.3, 0.4) is 0 Å². The number of rotatable bonds is 4. The van der Waals surface area contributed by atoms with Gasteiger partial charge in [0.2, 0.25) is 5.88 Å². The maximum Gasteiger partial charge on any atom is 0.261 e. The molecule has 0 aliphatic rings. The summed E-state index contributed by atoms with van der Waals surface area (Å²) >= 11 is 0. The predicted octanol–water partition coefficient (Wildman–Crippen LogP) is 2.16. The molecule has 0 aliphatic heterocycles. The molecule has 1 N–H and O–H groups in total. The van der Waals surface area contributed by atoms with Crippen molar-refractivity contribution in [2.75, 3.05) is 12.4 Å². The van der Waals surface area contributed by atoms with Gasteiger partial charge in [-0.2, -0.15) is 0 Å². The SMILES string of the molecule is COc1ncccc1C(=O)Nc1ccc(C=O)cc1. The second-order valence-electron chi connectivity index (χ2n) is 3.75. The first-order valence-corrected chi connectivity index (χ1v) is 5.60. The first kappa shape index (κ1) is 12.8. The average Bonchev–Trinajstić information content (AvgIpc) is 2.48. The van der Waals surface area contributed by atoms with Crippen LogP contribution >= 0.6 is 0 Å². The summed E-state index contributed by atoms with van der Waals surface area (Å²) in [7, 11) is 1.46. The zero-order valence-corrected chi connectivity index (χ0v) is 10.3. The Hall–Kier alpha value is -2.69. The summed E-state index contributed by atoms with van der Waals surface area (Å²) in [6, 6.07) is 9.86. The first-order valence-electron chi connectivity index (χ1n) is 5.60. The molecule has 0 saturated carbocycles. The molecule has 0 bridgehead atoms. The van der Waals surface area contributed by atoms with Crippen molar-refractivity contribution < 1.29 is 14.3 Å². The number of aldehydes is 1. The largest absolute Gasteiger partial charge is 0.480 e. The number of aromatic nitrogens is 1. The summed E-state index contributed by atoms with van der Waals surface area (Å²) in [4.78, 5) is 26.5.